The first-order chi connectivity index (χ1) is 9.15. The number of nitrogens with one attached hydrogen (secondary N) is 2. The van der Waals surface area contributed by atoms with Crippen LogP contribution in [0.1, 0.15) is 32.1 Å². The number of hydrogen-bond acceptors (Lipinski definition) is 3. The molecule has 0 spiro atoms. The van der Waals surface area contributed by atoms with Gasteiger partial charge >= 0.3 is 5.97 Å². The van der Waals surface area contributed by atoms with Crippen LogP contribution in [0.3, 0.4) is 0 Å². The second kappa shape index (κ2) is 6.70. The Hall–Kier alpha value is -1.36. The lowest BCUT2D eigenvalue weighted by atomic mass is 9.94. The van der Waals surface area contributed by atoms with Crippen LogP contribution in [0.15, 0.2) is 12.2 Å². The third-order valence-electron chi connectivity index (χ3n) is 3.93. The van der Waals surface area contributed by atoms with E-state index in [1.807, 2.05) is 0 Å². The van der Waals surface area contributed by atoms with Crippen LogP contribution in [-0.2, 0) is 9.59 Å². The zero-order chi connectivity index (χ0) is 13.7. The van der Waals surface area contributed by atoms with Crippen molar-refractivity contribution in [3.05, 3.63) is 12.2 Å². The molecule has 0 aromatic carbocycles. The maximum Gasteiger partial charge on any atom is 0.310 e. The fourth-order valence-corrected chi connectivity index (χ4v) is 2.77. The molecule has 0 radical (unpaired) electrons. The average molecular weight is 266 g/mol. The molecule has 3 atom stereocenters. The predicted molar refractivity (Wildman–Crippen MR) is 71.6 cm³/mol. The number of hydrogen-bond donors (Lipinski definition) is 3. The van der Waals surface area contributed by atoms with Gasteiger partial charge in [-0.05, 0) is 44.7 Å². The molecule has 1 heterocycles. The Morgan fingerprint density at radius 2 is 2.21 bits per heavy atom. The van der Waals surface area contributed by atoms with Crippen molar-refractivity contribution in [2.45, 2.75) is 38.1 Å². The molecule has 2 rings (SSSR count). The average Bonchev–Trinajstić information content (AvgIpc) is 2.86. The van der Waals surface area contributed by atoms with Crippen molar-refractivity contribution in [1.82, 2.24) is 10.6 Å². The van der Waals surface area contributed by atoms with Gasteiger partial charge in [-0.25, -0.2) is 0 Å². The molecule has 5 nitrogen and oxygen atoms in total. The van der Waals surface area contributed by atoms with Gasteiger partial charge in [0, 0.05) is 12.5 Å². The molecule has 1 fully saturated rings. The number of carboxylic acids is 1. The molecule has 3 N–H and O–H groups in total. The first kappa shape index (κ1) is 14.1. The maximum absolute atomic E-state index is 11.8. The zero-order valence-electron chi connectivity index (χ0n) is 11.1. The van der Waals surface area contributed by atoms with Crippen molar-refractivity contribution in [2.24, 2.45) is 11.8 Å². The van der Waals surface area contributed by atoms with E-state index >= 15 is 0 Å². The summed E-state index contributed by atoms with van der Waals surface area (Å²) in [6, 6.07) is -0.113. The summed E-state index contributed by atoms with van der Waals surface area (Å²) in [5, 5.41) is 15.1. The van der Waals surface area contributed by atoms with Crippen LogP contribution in [0.4, 0.5) is 0 Å². The van der Waals surface area contributed by atoms with E-state index in [2.05, 4.69) is 10.6 Å². The summed E-state index contributed by atoms with van der Waals surface area (Å²) >= 11 is 0. The highest BCUT2D eigenvalue weighted by Gasteiger charge is 2.25. The van der Waals surface area contributed by atoms with E-state index < -0.39 is 11.9 Å². The highest BCUT2D eigenvalue weighted by atomic mass is 16.4. The van der Waals surface area contributed by atoms with Gasteiger partial charge in [0.1, 0.15) is 0 Å². The van der Waals surface area contributed by atoms with Crippen LogP contribution in [0.2, 0.25) is 0 Å². The van der Waals surface area contributed by atoms with Gasteiger partial charge in [0.2, 0.25) is 5.91 Å². The molecule has 3 unspecified atom stereocenters. The minimum atomic E-state index is -0.818. The van der Waals surface area contributed by atoms with Gasteiger partial charge < -0.3 is 15.7 Å². The summed E-state index contributed by atoms with van der Waals surface area (Å²) < 4.78 is 0. The monoisotopic (exact) mass is 266 g/mol. The van der Waals surface area contributed by atoms with E-state index in [0.29, 0.717) is 18.8 Å². The van der Waals surface area contributed by atoms with Gasteiger partial charge in [0.25, 0.3) is 0 Å². The van der Waals surface area contributed by atoms with Gasteiger partial charge in [0.05, 0.1) is 5.92 Å². The lowest BCUT2D eigenvalue weighted by Crippen LogP contribution is -2.35. The van der Waals surface area contributed by atoms with Crippen LogP contribution in [-0.4, -0.2) is 36.1 Å². The molecule has 1 aliphatic carbocycles. The van der Waals surface area contributed by atoms with E-state index in [0.717, 1.165) is 19.5 Å². The minimum absolute atomic E-state index is 0.0336. The number of carbonyl (C=O) groups excluding carboxylic acids is 1. The first-order valence-corrected chi connectivity index (χ1v) is 7.06. The molecular weight excluding hydrogens is 244 g/mol. The summed E-state index contributed by atoms with van der Waals surface area (Å²) in [5.74, 6) is -0.634. The molecule has 0 aromatic rings. The Labute approximate surface area is 113 Å². The van der Waals surface area contributed by atoms with Gasteiger partial charge in [-0.3, -0.25) is 9.59 Å². The third kappa shape index (κ3) is 4.35. The number of carbonyl (C=O) groups is 2. The Bertz CT molecular complexity index is 362. The van der Waals surface area contributed by atoms with Gasteiger partial charge in [-0.2, -0.15) is 0 Å². The van der Waals surface area contributed by atoms with Crippen LogP contribution in [0.5, 0.6) is 0 Å². The van der Waals surface area contributed by atoms with Crippen molar-refractivity contribution < 1.29 is 14.7 Å². The fraction of sp³-hybridized carbons (Fsp3) is 0.714. The van der Waals surface area contributed by atoms with Gasteiger partial charge in [-0.15, -0.1) is 0 Å². The second-order valence-corrected chi connectivity index (χ2v) is 5.49. The Balaban J connectivity index is 1.65. The summed E-state index contributed by atoms with van der Waals surface area (Å²) in [7, 11) is 0. The topological polar surface area (TPSA) is 78.4 Å². The minimum Gasteiger partial charge on any atom is -0.481 e. The first-order valence-electron chi connectivity index (χ1n) is 7.06. The quantitative estimate of drug-likeness (QED) is 0.646. The zero-order valence-corrected chi connectivity index (χ0v) is 11.1. The predicted octanol–water partition coefficient (Wildman–Crippen LogP) is 0.912. The highest BCUT2D eigenvalue weighted by Crippen LogP contribution is 2.19. The van der Waals surface area contributed by atoms with Crippen molar-refractivity contribution in [3.63, 3.8) is 0 Å². The molecule has 5 heteroatoms. The van der Waals surface area contributed by atoms with Crippen LogP contribution >= 0.6 is 0 Å². The highest BCUT2D eigenvalue weighted by molar-refractivity contribution is 5.77. The van der Waals surface area contributed by atoms with Crippen molar-refractivity contribution in [1.29, 1.82) is 0 Å². The molecule has 0 bridgehead atoms. The standard InChI is InChI=1S/C14H22N2O3/c17-13(6-3-10-2-1-7-15-9-10)16-12-5-4-11(8-12)14(18)19/h4-5,10-12,15H,1-3,6-9H2,(H,16,17)(H,18,19). The molecule has 1 saturated heterocycles. The fourth-order valence-electron chi connectivity index (χ4n) is 2.77. The van der Waals surface area contributed by atoms with E-state index in [1.54, 1.807) is 12.2 Å². The second-order valence-electron chi connectivity index (χ2n) is 5.49. The molecule has 0 aromatic heterocycles. The molecular formula is C14H22N2O3. The normalized spacial score (nSPS) is 30.2. The van der Waals surface area contributed by atoms with E-state index in [9.17, 15) is 9.59 Å². The lowest BCUT2D eigenvalue weighted by molar-refractivity contribution is -0.140. The van der Waals surface area contributed by atoms with Crippen molar-refractivity contribution >= 4 is 11.9 Å². The number of piperidine rings is 1. The van der Waals surface area contributed by atoms with Gasteiger partial charge in [0.15, 0.2) is 0 Å². The summed E-state index contributed by atoms with van der Waals surface area (Å²) in [4.78, 5) is 22.6. The van der Waals surface area contributed by atoms with Crippen molar-refractivity contribution in [2.75, 3.05) is 13.1 Å². The van der Waals surface area contributed by atoms with E-state index in [-0.39, 0.29) is 11.9 Å². The van der Waals surface area contributed by atoms with E-state index in [4.69, 9.17) is 5.11 Å². The largest absolute Gasteiger partial charge is 0.481 e. The van der Waals surface area contributed by atoms with Crippen LogP contribution in [0.25, 0.3) is 0 Å². The molecule has 106 valence electrons. The molecule has 19 heavy (non-hydrogen) atoms. The number of rotatable bonds is 5. The maximum atomic E-state index is 11.8. The molecule has 1 amide bonds. The van der Waals surface area contributed by atoms with Crippen LogP contribution in [0, 0.1) is 11.8 Å². The Kier molecular flexibility index (Phi) is 4.96. The summed E-state index contributed by atoms with van der Waals surface area (Å²) in [6.45, 7) is 2.10. The molecule has 0 saturated carbocycles. The molecule has 2 aliphatic rings. The summed E-state index contributed by atoms with van der Waals surface area (Å²) in [5.41, 5.74) is 0. The number of aliphatic carboxylic acids is 1. The van der Waals surface area contributed by atoms with Gasteiger partial charge in [-0.1, -0.05) is 12.2 Å². The lowest BCUT2D eigenvalue weighted by Gasteiger charge is -2.22. The Morgan fingerprint density at radius 3 is 2.84 bits per heavy atom. The molecule has 1 aliphatic heterocycles. The smallest absolute Gasteiger partial charge is 0.310 e. The van der Waals surface area contributed by atoms with Crippen LogP contribution < -0.4 is 10.6 Å². The number of amides is 1. The van der Waals surface area contributed by atoms with Crippen molar-refractivity contribution in [3.8, 4) is 0 Å². The number of carboxylic acid groups (broad SMARTS) is 1. The SMILES string of the molecule is O=C(CCC1CCCNC1)NC1C=CC(C(=O)O)C1. The Morgan fingerprint density at radius 1 is 1.37 bits per heavy atom. The summed E-state index contributed by atoms with van der Waals surface area (Å²) in [6.07, 6.45) is 7.78. The third-order valence-corrected chi connectivity index (χ3v) is 3.93. The van der Waals surface area contributed by atoms with E-state index in [1.165, 1.54) is 12.8 Å².